The zero-order chi connectivity index (χ0) is 23.4. The summed E-state index contributed by atoms with van der Waals surface area (Å²) in [6, 6.07) is 9.87. The maximum absolute atomic E-state index is 13.2. The van der Waals surface area contributed by atoms with Gasteiger partial charge in [-0.2, -0.15) is 0 Å². The number of hydrogen-bond acceptors (Lipinski definition) is 7. The molecule has 4 amide bonds. The summed E-state index contributed by atoms with van der Waals surface area (Å²) in [4.78, 5) is 52.8. The number of piperidine rings is 1. The Morgan fingerprint density at radius 2 is 1.74 bits per heavy atom. The first-order chi connectivity index (χ1) is 16.4. The number of carbonyl (C=O) groups excluding carboxylic acids is 3. The molecule has 4 aliphatic rings. The van der Waals surface area contributed by atoms with Crippen LogP contribution in [0.5, 0.6) is 11.5 Å². The van der Waals surface area contributed by atoms with E-state index < -0.39 is 23.3 Å². The average molecular weight is 464 g/mol. The highest BCUT2D eigenvalue weighted by molar-refractivity contribution is 6.19. The van der Waals surface area contributed by atoms with Crippen molar-refractivity contribution in [1.82, 2.24) is 20.1 Å². The number of carbonyl (C=O) groups is 3. The molecule has 1 aromatic carbocycles. The standard InChI is InChI=1S/C24H24N4O6/c29-20-3-1-2-17-16-6-15(10-28(17)20)9-27(11-16)12-24(21(30)25-23(32)26-22(24)31)8-14-4-5-18-19(7-14)34-13-33-18/h1-5,7,15-16H,6,8-13H2,(H2,25,26,30,31,32)/t15-,16+/m0/s1. The zero-order valence-electron chi connectivity index (χ0n) is 18.4. The van der Waals surface area contributed by atoms with Crippen molar-refractivity contribution in [2.75, 3.05) is 26.4 Å². The van der Waals surface area contributed by atoms with Crippen molar-refractivity contribution in [3.05, 3.63) is 58.0 Å². The fourth-order valence-corrected chi connectivity index (χ4v) is 5.85. The van der Waals surface area contributed by atoms with Gasteiger partial charge in [0.25, 0.3) is 5.56 Å². The van der Waals surface area contributed by atoms with Crippen LogP contribution in [0.2, 0.25) is 0 Å². The lowest BCUT2D eigenvalue weighted by molar-refractivity contribution is -0.146. The second-order valence-electron chi connectivity index (χ2n) is 9.58. The monoisotopic (exact) mass is 464 g/mol. The molecule has 0 unspecified atom stereocenters. The molecule has 0 aliphatic carbocycles. The largest absolute Gasteiger partial charge is 0.454 e. The van der Waals surface area contributed by atoms with Crippen molar-refractivity contribution >= 4 is 17.8 Å². The predicted octanol–water partition coefficient (Wildman–Crippen LogP) is 0.591. The van der Waals surface area contributed by atoms with Crippen molar-refractivity contribution in [1.29, 1.82) is 0 Å². The second kappa shape index (κ2) is 7.69. The van der Waals surface area contributed by atoms with Crippen LogP contribution >= 0.6 is 0 Å². The van der Waals surface area contributed by atoms with Crippen LogP contribution in [0.15, 0.2) is 41.2 Å². The molecule has 2 fully saturated rings. The predicted molar refractivity (Wildman–Crippen MR) is 118 cm³/mol. The van der Waals surface area contributed by atoms with Crippen LogP contribution in [0, 0.1) is 11.3 Å². The third kappa shape index (κ3) is 3.37. The Balaban J connectivity index is 1.31. The van der Waals surface area contributed by atoms with E-state index in [0.29, 0.717) is 31.1 Å². The minimum absolute atomic E-state index is 0.00415. The highest BCUT2D eigenvalue weighted by atomic mass is 16.7. The van der Waals surface area contributed by atoms with Crippen molar-refractivity contribution in [2.24, 2.45) is 11.3 Å². The van der Waals surface area contributed by atoms with Gasteiger partial charge in [0.2, 0.25) is 18.6 Å². The number of barbiturate groups is 1. The molecule has 1 aromatic heterocycles. The van der Waals surface area contributed by atoms with Crippen LogP contribution in [0.3, 0.4) is 0 Å². The number of ether oxygens (including phenoxy) is 2. The maximum atomic E-state index is 13.2. The Bertz CT molecular complexity index is 1250. The minimum atomic E-state index is -1.48. The van der Waals surface area contributed by atoms with Gasteiger partial charge in [-0.25, -0.2) is 4.79 Å². The number of pyridine rings is 1. The SMILES string of the molecule is O=C1NC(=O)C(Cc2ccc3c(c2)OCO3)(CN2C[C@@H]3C[C@H](C2)c2cccc(=O)n2C3)C(=O)N1. The minimum Gasteiger partial charge on any atom is -0.454 e. The van der Waals surface area contributed by atoms with Gasteiger partial charge in [0, 0.05) is 43.9 Å². The van der Waals surface area contributed by atoms with Crippen LogP contribution < -0.4 is 25.7 Å². The lowest BCUT2D eigenvalue weighted by Gasteiger charge is -2.46. The van der Waals surface area contributed by atoms with E-state index in [-0.39, 0.29) is 37.2 Å². The van der Waals surface area contributed by atoms with Gasteiger partial charge in [-0.1, -0.05) is 12.1 Å². The lowest BCUT2D eigenvalue weighted by atomic mass is 9.76. The molecule has 5 heterocycles. The van der Waals surface area contributed by atoms with Crippen molar-refractivity contribution in [3.63, 3.8) is 0 Å². The zero-order valence-corrected chi connectivity index (χ0v) is 18.4. The molecule has 2 N–H and O–H groups in total. The number of fused-ring (bicyclic) bond motifs is 5. The van der Waals surface area contributed by atoms with Crippen LogP contribution in [0.25, 0.3) is 0 Å². The van der Waals surface area contributed by atoms with E-state index in [0.717, 1.165) is 17.7 Å². The lowest BCUT2D eigenvalue weighted by Crippen LogP contribution is -2.67. The van der Waals surface area contributed by atoms with Gasteiger partial charge < -0.3 is 18.9 Å². The van der Waals surface area contributed by atoms with Crippen LogP contribution in [-0.2, 0) is 22.6 Å². The topological polar surface area (TPSA) is 119 Å². The molecule has 6 rings (SSSR count). The first kappa shape index (κ1) is 20.9. The fraction of sp³-hybridized carbons (Fsp3) is 0.417. The fourth-order valence-electron chi connectivity index (χ4n) is 5.85. The number of aromatic nitrogens is 1. The summed E-state index contributed by atoms with van der Waals surface area (Å²) in [5, 5.41) is 4.60. The van der Waals surface area contributed by atoms with Gasteiger partial charge in [0.1, 0.15) is 5.41 Å². The second-order valence-corrected chi connectivity index (χ2v) is 9.58. The van der Waals surface area contributed by atoms with E-state index in [9.17, 15) is 19.2 Å². The Labute approximate surface area is 194 Å². The molecule has 0 radical (unpaired) electrons. The maximum Gasteiger partial charge on any atom is 0.328 e. The highest BCUT2D eigenvalue weighted by Crippen LogP contribution is 2.39. The summed E-state index contributed by atoms with van der Waals surface area (Å²) in [7, 11) is 0. The Morgan fingerprint density at radius 3 is 2.56 bits per heavy atom. The first-order valence-electron chi connectivity index (χ1n) is 11.4. The summed E-state index contributed by atoms with van der Waals surface area (Å²) < 4.78 is 12.7. The number of amides is 4. The molecule has 34 heavy (non-hydrogen) atoms. The summed E-state index contributed by atoms with van der Waals surface area (Å²) >= 11 is 0. The van der Waals surface area contributed by atoms with Gasteiger partial charge in [0.15, 0.2) is 11.5 Å². The molecule has 2 aromatic rings. The summed E-state index contributed by atoms with van der Waals surface area (Å²) in [5.74, 6) is 0.348. The molecule has 2 saturated heterocycles. The van der Waals surface area contributed by atoms with E-state index in [1.54, 1.807) is 30.3 Å². The third-order valence-electron chi connectivity index (χ3n) is 7.32. The molecular formula is C24H24N4O6. The van der Waals surface area contributed by atoms with E-state index in [1.165, 1.54) is 0 Å². The molecule has 10 heteroatoms. The van der Waals surface area contributed by atoms with Crippen molar-refractivity contribution in [2.45, 2.75) is 25.3 Å². The number of benzene rings is 1. The number of likely N-dealkylation sites (tertiary alicyclic amines) is 1. The third-order valence-corrected chi connectivity index (χ3v) is 7.32. The van der Waals surface area contributed by atoms with E-state index in [2.05, 4.69) is 15.5 Å². The molecule has 10 nitrogen and oxygen atoms in total. The molecule has 176 valence electrons. The highest BCUT2D eigenvalue weighted by Gasteiger charge is 2.52. The molecule has 2 atom stereocenters. The number of nitrogens with zero attached hydrogens (tertiary/aromatic N) is 2. The Hall–Kier alpha value is -3.66. The van der Waals surface area contributed by atoms with Gasteiger partial charge in [0.05, 0.1) is 0 Å². The molecular weight excluding hydrogens is 440 g/mol. The van der Waals surface area contributed by atoms with Crippen LogP contribution in [0.1, 0.15) is 23.6 Å². The molecule has 2 bridgehead atoms. The van der Waals surface area contributed by atoms with Gasteiger partial charge in [-0.05, 0) is 42.5 Å². The summed E-state index contributed by atoms with van der Waals surface area (Å²) in [5.41, 5.74) is 0.248. The normalized spacial score (nSPS) is 24.9. The average Bonchev–Trinajstić information content (AvgIpc) is 3.26. The van der Waals surface area contributed by atoms with Gasteiger partial charge in [-0.15, -0.1) is 0 Å². The number of hydrogen-bond donors (Lipinski definition) is 2. The van der Waals surface area contributed by atoms with Gasteiger partial charge >= 0.3 is 6.03 Å². The number of imide groups is 2. The van der Waals surface area contributed by atoms with E-state index in [1.807, 2.05) is 10.6 Å². The van der Waals surface area contributed by atoms with Crippen molar-refractivity contribution < 1.29 is 23.9 Å². The smallest absolute Gasteiger partial charge is 0.328 e. The Kier molecular flexibility index (Phi) is 4.73. The molecule has 0 spiro atoms. The first-order valence-corrected chi connectivity index (χ1v) is 11.4. The summed E-state index contributed by atoms with van der Waals surface area (Å²) in [6.07, 6.45) is 1.07. The summed E-state index contributed by atoms with van der Waals surface area (Å²) in [6.45, 7) is 2.19. The number of rotatable bonds is 4. The van der Waals surface area contributed by atoms with Gasteiger partial charge in [-0.3, -0.25) is 25.0 Å². The Morgan fingerprint density at radius 1 is 0.941 bits per heavy atom. The van der Waals surface area contributed by atoms with Crippen LogP contribution in [-0.4, -0.2) is 53.7 Å². The van der Waals surface area contributed by atoms with E-state index >= 15 is 0 Å². The van der Waals surface area contributed by atoms with Crippen molar-refractivity contribution in [3.8, 4) is 11.5 Å². The van der Waals surface area contributed by atoms with E-state index in [4.69, 9.17) is 9.47 Å². The number of urea groups is 1. The molecule has 4 aliphatic heterocycles. The van der Waals surface area contributed by atoms with Crippen LogP contribution in [0.4, 0.5) is 4.79 Å². The molecule has 0 saturated carbocycles. The quantitative estimate of drug-likeness (QED) is 0.636. The number of nitrogens with one attached hydrogen (secondary N) is 2.